The van der Waals surface area contributed by atoms with Crippen LogP contribution in [0.3, 0.4) is 0 Å². The molecule has 1 heteroatoms. The van der Waals surface area contributed by atoms with Gasteiger partial charge >= 0.3 is 0 Å². The van der Waals surface area contributed by atoms with Gasteiger partial charge in [0.25, 0.3) is 0 Å². The molecule has 1 nitrogen and oxygen atoms in total. The molecule has 0 spiro atoms. The second kappa shape index (κ2) is 4.45. The van der Waals surface area contributed by atoms with E-state index in [2.05, 4.69) is 12.2 Å². The van der Waals surface area contributed by atoms with E-state index in [4.69, 9.17) is 0 Å². The summed E-state index contributed by atoms with van der Waals surface area (Å²) < 4.78 is 0. The lowest BCUT2D eigenvalue weighted by molar-refractivity contribution is 0.228. The molecule has 0 bridgehead atoms. The molecule has 0 amide bonds. The second-order valence-corrected chi connectivity index (χ2v) is 4.89. The quantitative estimate of drug-likeness (QED) is 0.690. The number of hydrogen-bond donors (Lipinski definition) is 1. The summed E-state index contributed by atoms with van der Waals surface area (Å²) in [4.78, 5) is 0. The zero-order chi connectivity index (χ0) is 9.10. The molecule has 1 atom stereocenters. The van der Waals surface area contributed by atoms with Crippen LogP contribution >= 0.6 is 0 Å². The van der Waals surface area contributed by atoms with Crippen molar-refractivity contribution in [1.82, 2.24) is 5.32 Å². The smallest absolute Gasteiger partial charge is 0.00958 e. The summed E-state index contributed by atoms with van der Waals surface area (Å²) >= 11 is 0. The fourth-order valence-electron chi connectivity index (χ4n) is 3.11. The van der Waals surface area contributed by atoms with Gasteiger partial charge in [-0.15, -0.1) is 0 Å². The van der Waals surface area contributed by atoms with Gasteiger partial charge in [0.05, 0.1) is 0 Å². The van der Waals surface area contributed by atoms with E-state index in [0.29, 0.717) is 0 Å². The minimum atomic E-state index is 0.887. The van der Waals surface area contributed by atoms with E-state index in [1.165, 1.54) is 51.5 Å². The van der Waals surface area contributed by atoms with Crippen molar-refractivity contribution in [3.63, 3.8) is 0 Å². The maximum atomic E-state index is 3.66. The van der Waals surface area contributed by atoms with E-state index < -0.39 is 0 Å². The topological polar surface area (TPSA) is 12.0 Å². The SMILES string of the molecule is CCC1CCC([C@H]2CCCN2)CC1. The van der Waals surface area contributed by atoms with E-state index >= 15 is 0 Å². The minimum absolute atomic E-state index is 0.887. The molecule has 13 heavy (non-hydrogen) atoms. The lowest BCUT2D eigenvalue weighted by Crippen LogP contribution is -2.33. The molecule has 1 aliphatic carbocycles. The molecule has 1 heterocycles. The zero-order valence-electron chi connectivity index (χ0n) is 8.89. The lowest BCUT2D eigenvalue weighted by Gasteiger charge is -2.31. The van der Waals surface area contributed by atoms with Gasteiger partial charge in [-0.3, -0.25) is 0 Å². The third-order valence-electron chi connectivity index (χ3n) is 4.14. The molecule has 76 valence electrons. The van der Waals surface area contributed by atoms with Gasteiger partial charge in [0.15, 0.2) is 0 Å². The Labute approximate surface area is 82.3 Å². The highest BCUT2D eigenvalue weighted by Crippen LogP contribution is 2.34. The number of rotatable bonds is 2. The molecule has 2 aliphatic rings. The standard InChI is InChI=1S/C12H23N/c1-2-10-5-7-11(8-6-10)12-4-3-9-13-12/h10-13H,2-9H2,1H3/t10?,11?,12-/m1/s1. The van der Waals surface area contributed by atoms with Gasteiger partial charge in [-0.1, -0.05) is 26.2 Å². The van der Waals surface area contributed by atoms with Crippen LogP contribution in [0.1, 0.15) is 51.9 Å². The Kier molecular flexibility index (Phi) is 3.26. The Morgan fingerprint density at radius 3 is 2.38 bits per heavy atom. The zero-order valence-corrected chi connectivity index (χ0v) is 8.89. The second-order valence-electron chi connectivity index (χ2n) is 4.89. The highest BCUT2D eigenvalue weighted by atomic mass is 14.9. The molecule has 2 fully saturated rings. The van der Waals surface area contributed by atoms with Crippen molar-refractivity contribution in [2.45, 2.75) is 57.9 Å². The maximum Gasteiger partial charge on any atom is 0.00958 e. The van der Waals surface area contributed by atoms with Gasteiger partial charge in [-0.2, -0.15) is 0 Å². The molecule has 1 aliphatic heterocycles. The summed E-state index contributed by atoms with van der Waals surface area (Å²) in [5, 5.41) is 3.66. The average Bonchev–Trinajstić information content (AvgIpc) is 2.71. The fourth-order valence-corrected chi connectivity index (χ4v) is 3.11. The van der Waals surface area contributed by atoms with Crippen LogP contribution in [0.25, 0.3) is 0 Å². The molecular weight excluding hydrogens is 158 g/mol. The first kappa shape index (κ1) is 9.51. The molecule has 0 aromatic heterocycles. The number of hydrogen-bond acceptors (Lipinski definition) is 1. The van der Waals surface area contributed by atoms with Crippen molar-refractivity contribution in [2.75, 3.05) is 6.54 Å². The first-order chi connectivity index (χ1) is 6.40. The Balaban J connectivity index is 1.77. The molecule has 1 saturated carbocycles. The normalized spacial score (nSPS) is 40.8. The molecule has 0 unspecified atom stereocenters. The molecule has 0 aromatic rings. The van der Waals surface area contributed by atoms with E-state index in [1.54, 1.807) is 0 Å². The molecule has 0 radical (unpaired) electrons. The van der Waals surface area contributed by atoms with Crippen LogP contribution < -0.4 is 5.32 Å². The van der Waals surface area contributed by atoms with Crippen molar-refractivity contribution in [2.24, 2.45) is 11.8 Å². The first-order valence-corrected chi connectivity index (χ1v) is 6.13. The van der Waals surface area contributed by atoms with Crippen molar-refractivity contribution in [3.05, 3.63) is 0 Å². The summed E-state index contributed by atoms with van der Waals surface area (Å²) in [6.45, 7) is 3.62. The van der Waals surface area contributed by atoms with Crippen LogP contribution in [0.15, 0.2) is 0 Å². The van der Waals surface area contributed by atoms with Gasteiger partial charge in [0, 0.05) is 6.04 Å². The van der Waals surface area contributed by atoms with Crippen LogP contribution in [0.4, 0.5) is 0 Å². The predicted octanol–water partition coefficient (Wildman–Crippen LogP) is 2.95. The maximum absolute atomic E-state index is 3.66. The minimum Gasteiger partial charge on any atom is -0.314 e. The first-order valence-electron chi connectivity index (χ1n) is 6.13. The van der Waals surface area contributed by atoms with Crippen LogP contribution in [-0.2, 0) is 0 Å². The van der Waals surface area contributed by atoms with Crippen molar-refractivity contribution >= 4 is 0 Å². The highest BCUT2D eigenvalue weighted by Gasteiger charge is 2.28. The van der Waals surface area contributed by atoms with Crippen LogP contribution in [0.2, 0.25) is 0 Å². The Bertz CT molecular complexity index is 141. The van der Waals surface area contributed by atoms with Gasteiger partial charge in [0.2, 0.25) is 0 Å². The Morgan fingerprint density at radius 2 is 1.85 bits per heavy atom. The van der Waals surface area contributed by atoms with Gasteiger partial charge in [-0.25, -0.2) is 0 Å². The fraction of sp³-hybridized carbons (Fsp3) is 1.00. The summed E-state index contributed by atoms with van der Waals surface area (Å²) in [5.74, 6) is 2.07. The van der Waals surface area contributed by atoms with Gasteiger partial charge in [-0.05, 0) is 44.1 Å². The monoisotopic (exact) mass is 181 g/mol. The van der Waals surface area contributed by atoms with Crippen LogP contribution in [0.5, 0.6) is 0 Å². The van der Waals surface area contributed by atoms with Gasteiger partial charge in [0.1, 0.15) is 0 Å². The average molecular weight is 181 g/mol. The Hall–Kier alpha value is -0.0400. The highest BCUT2D eigenvalue weighted by molar-refractivity contribution is 4.84. The van der Waals surface area contributed by atoms with E-state index in [-0.39, 0.29) is 0 Å². The summed E-state index contributed by atoms with van der Waals surface area (Å²) in [5.41, 5.74) is 0. The lowest BCUT2D eigenvalue weighted by atomic mass is 9.77. The third-order valence-corrected chi connectivity index (χ3v) is 4.14. The van der Waals surface area contributed by atoms with Crippen LogP contribution in [-0.4, -0.2) is 12.6 Å². The van der Waals surface area contributed by atoms with E-state index in [0.717, 1.165) is 17.9 Å². The molecular formula is C12H23N. The van der Waals surface area contributed by atoms with E-state index in [1.807, 2.05) is 0 Å². The molecule has 0 aromatic carbocycles. The van der Waals surface area contributed by atoms with E-state index in [9.17, 15) is 0 Å². The summed E-state index contributed by atoms with van der Waals surface area (Å²) in [6, 6.07) is 0.887. The summed E-state index contributed by atoms with van der Waals surface area (Å²) in [6.07, 6.45) is 10.3. The third kappa shape index (κ3) is 2.25. The van der Waals surface area contributed by atoms with Crippen LogP contribution in [0, 0.1) is 11.8 Å². The summed E-state index contributed by atoms with van der Waals surface area (Å²) in [7, 11) is 0. The number of nitrogens with one attached hydrogen (secondary N) is 1. The molecule has 2 rings (SSSR count). The Morgan fingerprint density at radius 1 is 1.08 bits per heavy atom. The van der Waals surface area contributed by atoms with Crippen molar-refractivity contribution < 1.29 is 0 Å². The molecule has 1 N–H and O–H groups in total. The molecule has 1 saturated heterocycles. The predicted molar refractivity (Wildman–Crippen MR) is 56.8 cm³/mol. The van der Waals surface area contributed by atoms with Crippen molar-refractivity contribution in [1.29, 1.82) is 0 Å². The van der Waals surface area contributed by atoms with Crippen molar-refractivity contribution in [3.8, 4) is 0 Å². The largest absolute Gasteiger partial charge is 0.314 e. The van der Waals surface area contributed by atoms with Gasteiger partial charge < -0.3 is 5.32 Å².